The lowest BCUT2D eigenvalue weighted by molar-refractivity contribution is 0.574. The van der Waals surface area contributed by atoms with E-state index in [1.165, 1.54) is 18.5 Å². The molecule has 0 radical (unpaired) electrons. The van der Waals surface area contributed by atoms with Gasteiger partial charge in [-0.3, -0.25) is 0 Å². The molecule has 40 heavy (non-hydrogen) atoms. The largest absolute Gasteiger partial charge is 0.365 e. The number of sulfonamides is 1. The monoisotopic (exact) mass is 594 g/mol. The van der Waals surface area contributed by atoms with Crippen molar-refractivity contribution >= 4 is 49.9 Å². The van der Waals surface area contributed by atoms with Gasteiger partial charge in [0.1, 0.15) is 18.0 Å². The van der Waals surface area contributed by atoms with Crippen molar-refractivity contribution in [1.82, 2.24) is 14.7 Å². The maximum atomic E-state index is 14.8. The fourth-order valence-electron chi connectivity index (χ4n) is 4.38. The Bertz CT molecular complexity index is 1770. The SMILES string of the molecule is O=S(=O)(NCc1cc(-c2ccc3ncnc(NCc4ccccc4)c3c2)ccc1F)c1ccc(CCl)cc1CCl. The van der Waals surface area contributed by atoms with Crippen molar-refractivity contribution in [3.8, 4) is 11.1 Å². The number of alkyl halides is 2. The lowest BCUT2D eigenvalue weighted by Gasteiger charge is -2.13. The van der Waals surface area contributed by atoms with Crippen molar-refractivity contribution < 1.29 is 12.8 Å². The molecule has 0 spiro atoms. The molecule has 4 aromatic carbocycles. The molecule has 0 aliphatic heterocycles. The Hall–Kier alpha value is -3.56. The van der Waals surface area contributed by atoms with E-state index in [0.717, 1.165) is 33.2 Å². The predicted molar refractivity (Wildman–Crippen MR) is 158 cm³/mol. The Labute approximate surface area is 242 Å². The van der Waals surface area contributed by atoms with Crippen LogP contribution in [0.4, 0.5) is 10.2 Å². The molecule has 204 valence electrons. The summed E-state index contributed by atoms with van der Waals surface area (Å²) >= 11 is 11.9. The number of nitrogens with one attached hydrogen (secondary N) is 2. The first-order valence-electron chi connectivity index (χ1n) is 12.4. The van der Waals surface area contributed by atoms with Crippen LogP contribution >= 0.6 is 23.2 Å². The molecule has 2 N–H and O–H groups in total. The number of fused-ring (bicyclic) bond motifs is 1. The van der Waals surface area contributed by atoms with Crippen LogP contribution in [-0.2, 0) is 34.9 Å². The standard InChI is InChI=1S/C30H25Cl2FN4O2S/c31-15-21-6-11-29(24(12-21)16-32)40(38,39)37-18-25-13-22(7-9-27(25)33)23-8-10-28-26(14-23)30(36-19-35-28)34-17-20-4-2-1-3-5-20/h1-14,19,37H,15-18H2,(H,34,35,36). The van der Waals surface area contributed by atoms with Crippen LogP contribution in [-0.4, -0.2) is 18.4 Å². The molecule has 0 aliphatic rings. The Morgan fingerprint density at radius 1 is 0.750 bits per heavy atom. The van der Waals surface area contributed by atoms with Crippen LogP contribution in [0.5, 0.6) is 0 Å². The highest BCUT2D eigenvalue weighted by Crippen LogP contribution is 2.29. The minimum atomic E-state index is -3.95. The molecule has 1 aromatic heterocycles. The lowest BCUT2D eigenvalue weighted by atomic mass is 10.0. The third kappa shape index (κ3) is 6.26. The molecule has 0 saturated carbocycles. The fraction of sp³-hybridized carbons (Fsp3) is 0.133. The molecular formula is C30H25Cl2FN4O2S. The number of aromatic nitrogens is 2. The number of anilines is 1. The predicted octanol–water partition coefficient (Wildman–Crippen LogP) is 7.00. The highest BCUT2D eigenvalue weighted by molar-refractivity contribution is 7.89. The van der Waals surface area contributed by atoms with Crippen LogP contribution in [0.3, 0.4) is 0 Å². The topological polar surface area (TPSA) is 84.0 Å². The van der Waals surface area contributed by atoms with E-state index in [1.807, 2.05) is 48.5 Å². The van der Waals surface area contributed by atoms with Crippen LogP contribution in [0.15, 0.2) is 96.2 Å². The summed E-state index contributed by atoms with van der Waals surface area (Å²) in [4.78, 5) is 8.83. The Morgan fingerprint density at radius 3 is 2.30 bits per heavy atom. The van der Waals surface area contributed by atoms with Crippen molar-refractivity contribution in [3.63, 3.8) is 0 Å². The van der Waals surface area contributed by atoms with Gasteiger partial charge in [-0.25, -0.2) is 27.5 Å². The summed E-state index contributed by atoms with van der Waals surface area (Å²) in [5.41, 5.74) is 4.81. The molecule has 10 heteroatoms. The normalized spacial score (nSPS) is 11.6. The Morgan fingerprint density at radius 2 is 1.52 bits per heavy atom. The van der Waals surface area contributed by atoms with E-state index >= 15 is 0 Å². The van der Waals surface area contributed by atoms with Gasteiger partial charge >= 0.3 is 0 Å². The second-order valence-electron chi connectivity index (χ2n) is 9.13. The molecule has 0 saturated heterocycles. The zero-order chi connectivity index (χ0) is 28.1. The lowest BCUT2D eigenvalue weighted by Crippen LogP contribution is -2.24. The molecule has 6 nitrogen and oxygen atoms in total. The van der Waals surface area contributed by atoms with Gasteiger partial charge < -0.3 is 5.32 Å². The average molecular weight is 596 g/mol. The summed E-state index contributed by atoms with van der Waals surface area (Å²) in [6.07, 6.45) is 1.51. The van der Waals surface area contributed by atoms with E-state index in [0.29, 0.717) is 17.9 Å². The van der Waals surface area contributed by atoms with Crippen molar-refractivity contribution in [2.24, 2.45) is 0 Å². The van der Waals surface area contributed by atoms with Gasteiger partial charge in [0.2, 0.25) is 10.0 Å². The zero-order valence-electron chi connectivity index (χ0n) is 21.2. The number of halogens is 3. The molecule has 0 unspecified atom stereocenters. The van der Waals surface area contributed by atoms with E-state index in [9.17, 15) is 12.8 Å². The third-order valence-electron chi connectivity index (χ3n) is 6.48. The highest BCUT2D eigenvalue weighted by Gasteiger charge is 2.19. The quantitative estimate of drug-likeness (QED) is 0.170. The number of nitrogens with zero attached hydrogens (tertiary/aromatic N) is 2. The first-order chi connectivity index (χ1) is 19.4. The molecule has 5 aromatic rings. The van der Waals surface area contributed by atoms with E-state index in [-0.39, 0.29) is 28.8 Å². The van der Waals surface area contributed by atoms with Crippen LogP contribution in [0.2, 0.25) is 0 Å². The molecule has 0 amide bonds. The summed E-state index contributed by atoms with van der Waals surface area (Å²) in [5.74, 6) is 0.400. The smallest absolute Gasteiger partial charge is 0.241 e. The summed E-state index contributed by atoms with van der Waals surface area (Å²) in [5, 5.41) is 4.18. The van der Waals surface area contributed by atoms with E-state index < -0.39 is 15.8 Å². The second-order valence-corrected chi connectivity index (χ2v) is 11.4. The second kappa shape index (κ2) is 12.3. The van der Waals surface area contributed by atoms with Crippen molar-refractivity contribution in [2.45, 2.75) is 29.7 Å². The van der Waals surface area contributed by atoms with Gasteiger partial charge in [-0.1, -0.05) is 54.6 Å². The Kier molecular flexibility index (Phi) is 8.61. The summed E-state index contributed by atoms with van der Waals surface area (Å²) < 4.78 is 43.4. The first-order valence-corrected chi connectivity index (χ1v) is 15.0. The number of hydrogen-bond donors (Lipinski definition) is 2. The number of hydrogen-bond acceptors (Lipinski definition) is 5. The third-order valence-corrected chi connectivity index (χ3v) is 8.58. The van der Waals surface area contributed by atoms with Gasteiger partial charge in [0, 0.05) is 35.8 Å². The molecular weight excluding hydrogens is 570 g/mol. The number of rotatable bonds is 10. The van der Waals surface area contributed by atoms with Gasteiger partial charge in [0.05, 0.1) is 10.4 Å². The van der Waals surface area contributed by atoms with Gasteiger partial charge in [-0.15, -0.1) is 23.2 Å². The fourth-order valence-corrected chi connectivity index (χ4v) is 6.07. The van der Waals surface area contributed by atoms with Gasteiger partial charge in [0.25, 0.3) is 0 Å². The van der Waals surface area contributed by atoms with E-state index in [4.69, 9.17) is 23.2 Å². The first kappa shape index (κ1) is 28.0. The van der Waals surface area contributed by atoms with Crippen LogP contribution in [0.1, 0.15) is 22.3 Å². The van der Waals surface area contributed by atoms with Crippen LogP contribution in [0, 0.1) is 5.82 Å². The van der Waals surface area contributed by atoms with Gasteiger partial charge in [0.15, 0.2) is 0 Å². The summed E-state index contributed by atoms with van der Waals surface area (Å²) in [6.45, 7) is 0.361. The molecule has 0 aliphatic carbocycles. The molecule has 5 rings (SSSR count). The van der Waals surface area contributed by atoms with Gasteiger partial charge in [-0.05, 0) is 58.1 Å². The minimum absolute atomic E-state index is 0.00130. The molecule has 0 fully saturated rings. The van der Waals surface area contributed by atoms with Crippen molar-refractivity contribution in [1.29, 1.82) is 0 Å². The van der Waals surface area contributed by atoms with Crippen LogP contribution < -0.4 is 10.0 Å². The van der Waals surface area contributed by atoms with Crippen molar-refractivity contribution in [3.05, 3.63) is 119 Å². The molecule has 0 bridgehead atoms. The van der Waals surface area contributed by atoms with E-state index in [1.54, 1.807) is 24.3 Å². The Balaban J connectivity index is 1.40. The molecule has 1 heterocycles. The van der Waals surface area contributed by atoms with E-state index in [2.05, 4.69) is 20.0 Å². The molecule has 0 atom stereocenters. The maximum absolute atomic E-state index is 14.8. The maximum Gasteiger partial charge on any atom is 0.241 e. The zero-order valence-corrected chi connectivity index (χ0v) is 23.6. The van der Waals surface area contributed by atoms with Gasteiger partial charge in [-0.2, -0.15) is 0 Å². The average Bonchev–Trinajstić information content (AvgIpc) is 2.99. The van der Waals surface area contributed by atoms with Crippen LogP contribution in [0.25, 0.3) is 22.0 Å². The summed E-state index contributed by atoms with van der Waals surface area (Å²) in [7, 11) is -3.95. The minimum Gasteiger partial charge on any atom is -0.365 e. The summed E-state index contributed by atoms with van der Waals surface area (Å²) in [6, 6.07) is 25.1. The van der Waals surface area contributed by atoms with Crippen molar-refractivity contribution in [2.75, 3.05) is 5.32 Å². The number of benzene rings is 4. The highest BCUT2D eigenvalue weighted by atomic mass is 35.5.